The van der Waals surface area contributed by atoms with Gasteiger partial charge in [-0.3, -0.25) is 9.59 Å². The molecule has 1 aromatic carbocycles. The van der Waals surface area contributed by atoms with Crippen LogP contribution in [0.1, 0.15) is 49.9 Å². The van der Waals surface area contributed by atoms with Crippen molar-refractivity contribution >= 4 is 11.9 Å². The predicted molar refractivity (Wildman–Crippen MR) is 89.6 cm³/mol. The average molecular weight is 335 g/mol. The lowest BCUT2D eigenvalue weighted by Gasteiger charge is -2.19. The van der Waals surface area contributed by atoms with Gasteiger partial charge < -0.3 is 19.9 Å². The second-order valence-electron chi connectivity index (χ2n) is 6.28. The highest BCUT2D eigenvalue weighted by Crippen LogP contribution is 2.32. The van der Waals surface area contributed by atoms with Crippen LogP contribution in [0.15, 0.2) is 18.2 Å². The van der Waals surface area contributed by atoms with Crippen molar-refractivity contribution in [1.29, 1.82) is 0 Å². The van der Waals surface area contributed by atoms with Gasteiger partial charge in [-0.2, -0.15) is 0 Å². The Morgan fingerprint density at radius 1 is 1.21 bits per heavy atom. The van der Waals surface area contributed by atoms with Crippen LogP contribution < -0.4 is 14.8 Å². The lowest BCUT2D eigenvalue weighted by molar-refractivity contribution is -0.141. The molecule has 0 aliphatic heterocycles. The number of carboxylic acid groups (broad SMARTS) is 1. The van der Waals surface area contributed by atoms with Gasteiger partial charge in [-0.05, 0) is 57.7 Å². The van der Waals surface area contributed by atoms with Crippen LogP contribution in [-0.2, 0) is 4.79 Å². The second-order valence-corrected chi connectivity index (χ2v) is 6.28. The van der Waals surface area contributed by atoms with Crippen LogP contribution >= 0.6 is 0 Å². The standard InChI is InChI=1S/C18H25NO5/c1-11(18(21)22)12(2)19-17(20)13-8-9-15(16(10-13)23-3)24-14-6-4-5-7-14/h8-12,14H,4-7H2,1-3H3,(H,19,20)(H,21,22). The highest BCUT2D eigenvalue weighted by molar-refractivity contribution is 5.95. The van der Waals surface area contributed by atoms with E-state index in [9.17, 15) is 9.59 Å². The Morgan fingerprint density at radius 2 is 1.88 bits per heavy atom. The molecule has 2 N–H and O–H groups in total. The molecule has 1 aliphatic rings. The summed E-state index contributed by atoms with van der Waals surface area (Å²) in [6.07, 6.45) is 4.63. The van der Waals surface area contributed by atoms with Gasteiger partial charge in [-0.15, -0.1) is 0 Å². The number of aliphatic carboxylic acids is 1. The Bertz CT molecular complexity index is 595. The highest BCUT2D eigenvalue weighted by atomic mass is 16.5. The Balaban J connectivity index is 2.07. The fraction of sp³-hybridized carbons (Fsp3) is 0.556. The maximum atomic E-state index is 12.3. The van der Waals surface area contributed by atoms with Gasteiger partial charge in [0.15, 0.2) is 11.5 Å². The number of nitrogens with one attached hydrogen (secondary N) is 1. The van der Waals surface area contributed by atoms with Crippen LogP contribution in [0, 0.1) is 5.92 Å². The summed E-state index contributed by atoms with van der Waals surface area (Å²) in [5, 5.41) is 11.7. The van der Waals surface area contributed by atoms with Gasteiger partial charge in [-0.25, -0.2) is 0 Å². The molecule has 1 fully saturated rings. The van der Waals surface area contributed by atoms with Gasteiger partial charge in [0.1, 0.15) is 0 Å². The number of carbonyl (C=O) groups excluding carboxylic acids is 1. The van der Waals surface area contributed by atoms with Gasteiger partial charge in [0, 0.05) is 11.6 Å². The van der Waals surface area contributed by atoms with Crippen molar-refractivity contribution in [3.8, 4) is 11.5 Å². The quantitative estimate of drug-likeness (QED) is 0.800. The Labute approximate surface area is 142 Å². The predicted octanol–water partition coefficient (Wildman–Crippen LogP) is 2.86. The van der Waals surface area contributed by atoms with Crippen molar-refractivity contribution in [3.05, 3.63) is 23.8 Å². The number of methoxy groups -OCH3 is 1. The normalized spacial score (nSPS) is 17.1. The first-order chi connectivity index (χ1) is 11.4. The minimum absolute atomic E-state index is 0.204. The van der Waals surface area contributed by atoms with E-state index in [4.69, 9.17) is 14.6 Å². The van der Waals surface area contributed by atoms with Gasteiger partial charge in [0.05, 0.1) is 19.1 Å². The zero-order valence-corrected chi connectivity index (χ0v) is 14.4. The Hall–Kier alpha value is -2.24. The summed E-state index contributed by atoms with van der Waals surface area (Å²) in [5.41, 5.74) is 0.412. The number of carbonyl (C=O) groups is 2. The average Bonchev–Trinajstić information content (AvgIpc) is 3.07. The summed E-state index contributed by atoms with van der Waals surface area (Å²) in [5.74, 6) is -0.802. The lowest BCUT2D eigenvalue weighted by atomic mass is 10.0. The minimum Gasteiger partial charge on any atom is -0.493 e. The largest absolute Gasteiger partial charge is 0.493 e. The van der Waals surface area contributed by atoms with Crippen molar-refractivity contribution in [2.45, 2.75) is 51.7 Å². The molecular formula is C18H25NO5. The van der Waals surface area contributed by atoms with E-state index >= 15 is 0 Å². The topological polar surface area (TPSA) is 84.9 Å². The molecular weight excluding hydrogens is 310 g/mol. The van der Waals surface area contributed by atoms with Gasteiger partial charge in [0.2, 0.25) is 0 Å². The van der Waals surface area contributed by atoms with E-state index < -0.39 is 17.9 Å². The van der Waals surface area contributed by atoms with Gasteiger partial charge >= 0.3 is 5.97 Å². The first kappa shape index (κ1) is 18.1. The number of rotatable bonds is 7. The molecule has 0 spiro atoms. The van der Waals surface area contributed by atoms with Crippen LogP contribution in [0.25, 0.3) is 0 Å². The molecule has 0 aromatic heterocycles. The third-order valence-electron chi connectivity index (χ3n) is 4.52. The van der Waals surface area contributed by atoms with Crippen LogP contribution in [-0.4, -0.2) is 36.2 Å². The number of amides is 1. The van der Waals surface area contributed by atoms with E-state index in [1.54, 1.807) is 32.0 Å². The molecule has 132 valence electrons. The van der Waals surface area contributed by atoms with E-state index in [1.807, 2.05) is 0 Å². The summed E-state index contributed by atoms with van der Waals surface area (Å²) in [4.78, 5) is 23.3. The second kappa shape index (κ2) is 8.04. The number of hydrogen-bond acceptors (Lipinski definition) is 4. The van der Waals surface area contributed by atoms with E-state index in [1.165, 1.54) is 20.0 Å². The maximum absolute atomic E-state index is 12.3. The molecule has 1 aliphatic carbocycles. The van der Waals surface area contributed by atoms with Crippen molar-refractivity contribution in [3.63, 3.8) is 0 Å². The molecule has 6 heteroatoms. The van der Waals surface area contributed by atoms with Gasteiger partial charge in [-0.1, -0.05) is 0 Å². The van der Waals surface area contributed by atoms with E-state index in [0.717, 1.165) is 12.8 Å². The highest BCUT2D eigenvalue weighted by Gasteiger charge is 2.23. The maximum Gasteiger partial charge on any atom is 0.308 e. The van der Waals surface area contributed by atoms with E-state index in [-0.39, 0.29) is 12.0 Å². The molecule has 1 aromatic rings. The molecule has 2 unspecified atom stereocenters. The summed E-state index contributed by atoms with van der Waals surface area (Å²) in [6, 6.07) is 4.55. The van der Waals surface area contributed by atoms with Crippen molar-refractivity contribution < 1.29 is 24.2 Å². The molecule has 6 nitrogen and oxygen atoms in total. The molecule has 2 rings (SSSR count). The molecule has 0 heterocycles. The molecule has 0 saturated heterocycles. The molecule has 0 radical (unpaired) electrons. The van der Waals surface area contributed by atoms with Crippen molar-refractivity contribution in [1.82, 2.24) is 5.32 Å². The number of ether oxygens (including phenoxy) is 2. The van der Waals surface area contributed by atoms with Crippen molar-refractivity contribution in [2.24, 2.45) is 5.92 Å². The fourth-order valence-electron chi connectivity index (χ4n) is 2.72. The Kier molecular flexibility index (Phi) is 6.06. The van der Waals surface area contributed by atoms with Crippen LogP contribution in [0.4, 0.5) is 0 Å². The smallest absolute Gasteiger partial charge is 0.308 e. The number of carboxylic acids is 1. The summed E-state index contributed by atoms with van der Waals surface area (Å²) >= 11 is 0. The molecule has 1 saturated carbocycles. The zero-order chi connectivity index (χ0) is 17.7. The molecule has 0 bridgehead atoms. The summed E-state index contributed by atoms with van der Waals surface area (Å²) < 4.78 is 11.3. The molecule has 2 atom stereocenters. The van der Waals surface area contributed by atoms with Crippen LogP contribution in [0.3, 0.4) is 0 Å². The number of benzene rings is 1. The third kappa shape index (κ3) is 4.40. The first-order valence-electron chi connectivity index (χ1n) is 8.30. The van der Waals surface area contributed by atoms with E-state index in [2.05, 4.69) is 5.32 Å². The lowest BCUT2D eigenvalue weighted by Crippen LogP contribution is -2.40. The van der Waals surface area contributed by atoms with Crippen LogP contribution in [0.2, 0.25) is 0 Å². The van der Waals surface area contributed by atoms with E-state index in [0.29, 0.717) is 17.1 Å². The first-order valence-corrected chi connectivity index (χ1v) is 8.30. The third-order valence-corrected chi connectivity index (χ3v) is 4.52. The number of hydrogen-bond donors (Lipinski definition) is 2. The molecule has 1 amide bonds. The minimum atomic E-state index is -0.944. The summed E-state index contributed by atoms with van der Waals surface area (Å²) in [6.45, 7) is 3.23. The summed E-state index contributed by atoms with van der Waals surface area (Å²) in [7, 11) is 1.54. The van der Waals surface area contributed by atoms with Crippen molar-refractivity contribution in [2.75, 3.05) is 7.11 Å². The Morgan fingerprint density at radius 3 is 2.46 bits per heavy atom. The fourth-order valence-corrected chi connectivity index (χ4v) is 2.72. The monoisotopic (exact) mass is 335 g/mol. The van der Waals surface area contributed by atoms with Crippen LogP contribution in [0.5, 0.6) is 11.5 Å². The SMILES string of the molecule is COc1cc(C(=O)NC(C)C(C)C(=O)O)ccc1OC1CCCC1. The van der Waals surface area contributed by atoms with Gasteiger partial charge in [0.25, 0.3) is 5.91 Å². The zero-order valence-electron chi connectivity index (χ0n) is 14.4. The molecule has 24 heavy (non-hydrogen) atoms.